The number of halogens is 2. The quantitative estimate of drug-likeness (QED) is 0.930. The Labute approximate surface area is 120 Å². The van der Waals surface area contributed by atoms with E-state index in [0.29, 0.717) is 5.02 Å². The molecule has 0 bridgehead atoms. The van der Waals surface area contributed by atoms with Gasteiger partial charge in [0.05, 0.1) is 38.9 Å². The van der Waals surface area contributed by atoms with Crippen molar-refractivity contribution in [3.8, 4) is 5.69 Å². The average Bonchev–Trinajstić information content (AvgIpc) is 2.82. The molecule has 0 saturated carbocycles. The van der Waals surface area contributed by atoms with E-state index < -0.39 is 0 Å². The van der Waals surface area contributed by atoms with Crippen molar-refractivity contribution in [2.45, 2.75) is 19.4 Å². The van der Waals surface area contributed by atoms with E-state index >= 15 is 0 Å². The van der Waals surface area contributed by atoms with Crippen molar-refractivity contribution >= 4 is 27.5 Å². The molecule has 0 atom stereocenters. The van der Waals surface area contributed by atoms with Crippen LogP contribution < -0.4 is 5.32 Å². The molecule has 18 heavy (non-hydrogen) atoms. The second kappa shape index (κ2) is 5.03. The molecular formula is C13H15BrClN3. The summed E-state index contributed by atoms with van der Waals surface area (Å²) in [5.41, 5.74) is 1.89. The first kappa shape index (κ1) is 13.6. The standard InChI is InChI=1S/C13H15BrClN3/c1-13(2,16-3)11-7-17-8-18(11)10-6-4-5-9(15)12(10)14/h4-8,16H,1-3H3. The summed E-state index contributed by atoms with van der Waals surface area (Å²) in [5.74, 6) is 0. The number of hydrogen-bond donors (Lipinski definition) is 1. The predicted molar refractivity (Wildman–Crippen MR) is 78.4 cm³/mol. The van der Waals surface area contributed by atoms with E-state index in [-0.39, 0.29) is 5.54 Å². The fourth-order valence-electron chi connectivity index (χ4n) is 1.76. The minimum atomic E-state index is -0.168. The molecular weight excluding hydrogens is 314 g/mol. The van der Waals surface area contributed by atoms with Gasteiger partial charge in [0, 0.05) is 0 Å². The lowest BCUT2D eigenvalue weighted by molar-refractivity contribution is 0.424. The zero-order chi connectivity index (χ0) is 13.3. The summed E-state index contributed by atoms with van der Waals surface area (Å²) >= 11 is 9.66. The van der Waals surface area contributed by atoms with Crippen LogP contribution in [-0.2, 0) is 5.54 Å². The van der Waals surface area contributed by atoms with Crippen LogP contribution in [0.2, 0.25) is 5.02 Å². The molecule has 96 valence electrons. The lowest BCUT2D eigenvalue weighted by Crippen LogP contribution is -2.35. The van der Waals surface area contributed by atoms with Gasteiger partial charge >= 0.3 is 0 Å². The second-order valence-corrected chi connectivity index (χ2v) is 5.80. The van der Waals surface area contributed by atoms with Crippen molar-refractivity contribution in [3.05, 3.63) is 45.9 Å². The van der Waals surface area contributed by atoms with Crippen LogP contribution in [0.15, 0.2) is 35.2 Å². The number of hydrogen-bond acceptors (Lipinski definition) is 2. The van der Waals surface area contributed by atoms with Crippen LogP contribution in [0.3, 0.4) is 0 Å². The molecule has 5 heteroatoms. The summed E-state index contributed by atoms with van der Waals surface area (Å²) < 4.78 is 2.91. The summed E-state index contributed by atoms with van der Waals surface area (Å²) in [7, 11) is 1.93. The fourth-order valence-corrected chi connectivity index (χ4v) is 2.38. The highest BCUT2D eigenvalue weighted by atomic mass is 79.9. The summed E-state index contributed by atoms with van der Waals surface area (Å²) in [5, 5.41) is 3.97. The Hall–Kier alpha value is -0.840. The van der Waals surface area contributed by atoms with Crippen molar-refractivity contribution in [2.24, 2.45) is 0 Å². The Morgan fingerprint density at radius 2 is 2.11 bits per heavy atom. The van der Waals surface area contributed by atoms with Crippen molar-refractivity contribution < 1.29 is 0 Å². The minimum absolute atomic E-state index is 0.168. The number of nitrogens with zero attached hydrogens (tertiary/aromatic N) is 2. The fraction of sp³-hybridized carbons (Fsp3) is 0.308. The maximum atomic E-state index is 6.13. The molecule has 1 aromatic heterocycles. The highest BCUT2D eigenvalue weighted by Gasteiger charge is 2.23. The molecule has 1 aromatic carbocycles. The van der Waals surface area contributed by atoms with Crippen LogP contribution in [0.25, 0.3) is 5.69 Å². The Kier molecular flexibility index (Phi) is 3.80. The molecule has 0 spiro atoms. The number of aromatic nitrogens is 2. The molecule has 0 unspecified atom stereocenters. The van der Waals surface area contributed by atoms with Gasteiger partial charge in [-0.15, -0.1) is 0 Å². The smallest absolute Gasteiger partial charge is 0.0995 e. The van der Waals surface area contributed by atoms with Crippen LogP contribution in [0.4, 0.5) is 0 Å². The van der Waals surface area contributed by atoms with Gasteiger partial charge in [0.15, 0.2) is 0 Å². The molecule has 0 radical (unpaired) electrons. The average molecular weight is 329 g/mol. The van der Waals surface area contributed by atoms with Crippen LogP contribution in [0.5, 0.6) is 0 Å². The molecule has 2 rings (SSSR count). The Morgan fingerprint density at radius 3 is 2.78 bits per heavy atom. The third-order valence-corrected chi connectivity index (χ3v) is 4.47. The molecule has 2 aromatic rings. The number of imidazole rings is 1. The van der Waals surface area contributed by atoms with Crippen LogP contribution in [0.1, 0.15) is 19.5 Å². The molecule has 0 aliphatic heterocycles. The molecule has 3 nitrogen and oxygen atoms in total. The molecule has 0 aliphatic carbocycles. The van der Waals surface area contributed by atoms with Gasteiger partial charge in [-0.05, 0) is 49.0 Å². The zero-order valence-corrected chi connectivity index (χ0v) is 12.9. The normalized spacial score (nSPS) is 11.8. The minimum Gasteiger partial charge on any atom is -0.310 e. The van der Waals surface area contributed by atoms with E-state index in [0.717, 1.165) is 15.9 Å². The summed E-state index contributed by atoms with van der Waals surface area (Å²) in [6.45, 7) is 4.22. The van der Waals surface area contributed by atoms with Crippen molar-refractivity contribution in [2.75, 3.05) is 7.05 Å². The lowest BCUT2D eigenvalue weighted by Gasteiger charge is -2.25. The number of rotatable bonds is 3. The van der Waals surface area contributed by atoms with E-state index in [4.69, 9.17) is 11.6 Å². The molecule has 0 fully saturated rings. The topological polar surface area (TPSA) is 29.9 Å². The first-order valence-corrected chi connectivity index (χ1v) is 6.80. The maximum absolute atomic E-state index is 6.13. The third kappa shape index (κ3) is 2.32. The van der Waals surface area contributed by atoms with Crippen LogP contribution in [0, 0.1) is 0 Å². The van der Waals surface area contributed by atoms with Gasteiger partial charge in [0.25, 0.3) is 0 Å². The zero-order valence-electron chi connectivity index (χ0n) is 10.5. The first-order chi connectivity index (χ1) is 8.47. The molecule has 1 N–H and O–H groups in total. The monoisotopic (exact) mass is 327 g/mol. The second-order valence-electron chi connectivity index (χ2n) is 4.60. The van der Waals surface area contributed by atoms with Gasteiger partial charge in [-0.2, -0.15) is 0 Å². The maximum Gasteiger partial charge on any atom is 0.0995 e. The van der Waals surface area contributed by atoms with Crippen LogP contribution >= 0.6 is 27.5 Å². The van der Waals surface area contributed by atoms with Crippen LogP contribution in [-0.4, -0.2) is 16.6 Å². The molecule has 1 heterocycles. The van der Waals surface area contributed by atoms with Crippen molar-refractivity contribution in [1.82, 2.24) is 14.9 Å². The SMILES string of the molecule is CNC(C)(C)c1cncn1-c1cccc(Cl)c1Br. The Bertz CT molecular complexity index is 563. The van der Waals surface area contributed by atoms with Gasteiger partial charge < -0.3 is 9.88 Å². The Balaban J connectivity index is 2.60. The van der Waals surface area contributed by atoms with E-state index in [2.05, 4.69) is 40.1 Å². The molecule has 0 aliphatic rings. The summed E-state index contributed by atoms with van der Waals surface area (Å²) in [6.07, 6.45) is 3.66. The molecule has 0 saturated heterocycles. The summed E-state index contributed by atoms with van der Waals surface area (Å²) in [4.78, 5) is 4.24. The van der Waals surface area contributed by atoms with E-state index in [9.17, 15) is 0 Å². The first-order valence-electron chi connectivity index (χ1n) is 5.63. The third-order valence-electron chi connectivity index (χ3n) is 3.09. The van der Waals surface area contributed by atoms with Crippen molar-refractivity contribution in [1.29, 1.82) is 0 Å². The Morgan fingerprint density at radius 1 is 1.39 bits per heavy atom. The number of benzene rings is 1. The van der Waals surface area contributed by atoms with E-state index in [1.165, 1.54) is 0 Å². The highest BCUT2D eigenvalue weighted by Crippen LogP contribution is 2.31. The highest BCUT2D eigenvalue weighted by molar-refractivity contribution is 9.10. The van der Waals surface area contributed by atoms with E-state index in [1.54, 1.807) is 6.33 Å². The van der Waals surface area contributed by atoms with Gasteiger partial charge in [-0.25, -0.2) is 4.98 Å². The summed E-state index contributed by atoms with van der Waals surface area (Å²) in [6, 6.07) is 5.79. The van der Waals surface area contributed by atoms with Gasteiger partial charge in [-0.3, -0.25) is 0 Å². The van der Waals surface area contributed by atoms with Gasteiger partial charge in [0.2, 0.25) is 0 Å². The van der Waals surface area contributed by atoms with Gasteiger partial charge in [-0.1, -0.05) is 17.7 Å². The van der Waals surface area contributed by atoms with Crippen molar-refractivity contribution in [3.63, 3.8) is 0 Å². The van der Waals surface area contributed by atoms with E-state index in [1.807, 2.05) is 36.0 Å². The lowest BCUT2D eigenvalue weighted by atomic mass is 10.0. The number of nitrogens with one attached hydrogen (secondary N) is 1. The largest absolute Gasteiger partial charge is 0.310 e. The molecule has 0 amide bonds. The predicted octanol–water partition coefficient (Wildman–Crippen LogP) is 3.74. The van der Waals surface area contributed by atoms with Gasteiger partial charge in [0.1, 0.15) is 0 Å².